The molecular formula is C27H30ClN5O3S. The highest BCUT2D eigenvalue weighted by atomic mass is 35.5. The van der Waals surface area contributed by atoms with Crippen molar-refractivity contribution < 1.29 is 13.2 Å². The van der Waals surface area contributed by atoms with Crippen LogP contribution in [0.25, 0.3) is 5.57 Å². The average Bonchev–Trinajstić information content (AvgIpc) is 3.39. The van der Waals surface area contributed by atoms with Crippen molar-refractivity contribution in [1.29, 1.82) is 0 Å². The molecule has 2 aromatic carbocycles. The zero-order valence-electron chi connectivity index (χ0n) is 20.8. The summed E-state index contributed by atoms with van der Waals surface area (Å²) in [4.78, 5) is 17.3. The number of benzene rings is 2. The van der Waals surface area contributed by atoms with Gasteiger partial charge in [-0.2, -0.15) is 9.40 Å². The maximum atomic E-state index is 13.7. The van der Waals surface area contributed by atoms with Gasteiger partial charge in [-0.3, -0.25) is 9.48 Å². The van der Waals surface area contributed by atoms with Gasteiger partial charge in [0.2, 0.25) is 5.03 Å². The summed E-state index contributed by atoms with van der Waals surface area (Å²) in [6.45, 7) is 4.94. The molecule has 8 nitrogen and oxygen atoms in total. The van der Waals surface area contributed by atoms with Crippen LogP contribution < -0.4 is 4.90 Å². The number of rotatable bonds is 6. The molecular weight excluding hydrogens is 510 g/mol. The van der Waals surface area contributed by atoms with Crippen LogP contribution >= 0.6 is 11.6 Å². The number of nitrogens with zero attached hydrogens (tertiary/aromatic N) is 5. The van der Waals surface area contributed by atoms with E-state index in [1.165, 1.54) is 14.6 Å². The van der Waals surface area contributed by atoms with E-state index in [2.05, 4.69) is 22.1 Å². The van der Waals surface area contributed by atoms with E-state index in [9.17, 15) is 13.2 Å². The van der Waals surface area contributed by atoms with Crippen LogP contribution in [0.3, 0.4) is 0 Å². The Morgan fingerprint density at radius 3 is 2.41 bits per heavy atom. The normalized spacial score (nSPS) is 17.1. The van der Waals surface area contributed by atoms with Crippen molar-refractivity contribution in [1.82, 2.24) is 19.0 Å². The Morgan fingerprint density at radius 1 is 1.00 bits per heavy atom. The van der Waals surface area contributed by atoms with E-state index in [0.717, 1.165) is 11.3 Å². The first-order chi connectivity index (χ1) is 17.9. The van der Waals surface area contributed by atoms with Crippen molar-refractivity contribution in [2.75, 3.05) is 44.2 Å². The lowest BCUT2D eigenvalue weighted by Gasteiger charge is -2.35. The first-order valence-corrected chi connectivity index (χ1v) is 14.3. The molecule has 0 aliphatic carbocycles. The highest BCUT2D eigenvalue weighted by Crippen LogP contribution is 2.27. The number of carbonyl (C=O) groups excluding carboxylic acids is 1. The van der Waals surface area contributed by atoms with E-state index in [-0.39, 0.29) is 16.5 Å². The number of carbonyl (C=O) groups is 1. The number of sulfonamides is 1. The molecule has 10 heteroatoms. The molecule has 1 aromatic heterocycles. The van der Waals surface area contributed by atoms with Gasteiger partial charge in [-0.1, -0.05) is 54.1 Å². The van der Waals surface area contributed by atoms with Crippen molar-refractivity contribution in [3.63, 3.8) is 0 Å². The van der Waals surface area contributed by atoms with Crippen LogP contribution in [0.4, 0.5) is 5.69 Å². The number of halogens is 1. The van der Waals surface area contributed by atoms with Crippen LogP contribution in [0.2, 0.25) is 5.02 Å². The monoisotopic (exact) mass is 539 g/mol. The molecule has 2 aliphatic heterocycles. The van der Waals surface area contributed by atoms with Gasteiger partial charge in [0.15, 0.2) is 0 Å². The Morgan fingerprint density at radius 2 is 1.76 bits per heavy atom. The number of hydrogen-bond acceptors (Lipinski definition) is 5. The van der Waals surface area contributed by atoms with Crippen LogP contribution in [-0.4, -0.2) is 72.6 Å². The number of amides is 1. The lowest BCUT2D eigenvalue weighted by molar-refractivity contribution is 0.0768. The Balaban J connectivity index is 1.33. The minimum atomic E-state index is -3.95. The maximum Gasteiger partial charge on any atom is 0.263 e. The van der Waals surface area contributed by atoms with Crippen LogP contribution in [0.15, 0.2) is 71.9 Å². The van der Waals surface area contributed by atoms with E-state index in [1.807, 2.05) is 55.5 Å². The maximum absolute atomic E-state index is 13.7. The van der Waals surface area contributed by atoms with Gasteiger partial charge in [0.25, 0.3) is 15.9 Å². The largest absolute Gasteiger partial charge is 0.369 e. The van der Waals surface area contributed by atoms with Crippen LogP contribution in [0.1, 0.15) is 29.3 Å². The van der Waals surface area contributed by atoms with Crippen molar-refractivity contribution >= 4 is 38.8 Å². The van der Waals surface area contributed by atoms with E-state index in [4.69, 9.17) is 11.6 Å². The van der Waals surface area contributed by atoms with Gasteiger partial charge in [-0.15, -0.1) is 0 Å². The number of anilines is 1. The molecule has 37 heavy (non-hydrogen) atoms. The lowest BCUT2D eigenvalue weighted by atomic mass is 9.99. The van der Waals surface area contributed by atoms with Gasteiger partial charge in [0, 0.05) is 62.7 Å². The average molecular weight is 540 g/mol. The minimum absolute atomic E-state index is 0.135. The zero-order chi connectivity index (χ0) is 26.0. The van der Waals surface area contributed by atoms with Gasteiger partial charge < -0.3 is 9.80 Å². The summed E-state index contributed by atoms with van der Waals surface area (Å²) in [5.74, 6) is -0.306. The number of aromatic nitrogens is 2. The molecule has 0 bridgehead atoms. The predicted octanol–water partition coefficient (Wildman–Crippen LogP) is 4.00. The molecule has 2 aliphatic rings. The number of hydrogen-bond donors (Lipinski definition) is 0. The molecule has 194 valence electrons. The predicted molar refractivity (Wildman–Crippen MR) is 145 cm³/mol. The van der Waals surface area contributed by atoms with Gasteiger partial charge in [-0.05, 0) is 42.7 Å². The molecule has 0 N–H and O–H groups in total. The van der Waals surface area contributed by atoms with E-state index >= 15 is 0 Å². The van der Waals surface area contributed by atoms with Gasteiger partial charge in [0.05, 0.1) is 5.56 Å². The molecule has 1 amide bonds. The van der Waals surface area contributed by atoms with Crippen LogP contribution in [0, 0.1) is 0 Å². The molecule has 5 rings (SSSR count). The van der Waals surface area contributed by atoms with E-state index in [1.54, 1.807) is 11.1 Å². The molecule has 1 fully saturated rings. The fraction of sp³-hybridized carbons (Fsp3) is 0.333. The van der Waals surface area contributed by atoms with Gasteiger partial charge in [0.1, 0.15) is 0 Å². The van der Waals surface area contributed by atoms with Crippen LogP contribution in [0.5, 0.6) is 0 Å². The summed E-state index contributed by atoms with van der Waals surface area (Å²) in [5, 5.41) is 4.82. The van der Waals surface area contributed by atoms with E-state index in [0.29, 0.717) is 57.3 Å². The second-order valence-corrected chi connectivity index (χ2v) is 11.5. The minimum Gasteiger partial charge on any atom is -0.369 e. The summed E-state index contributed by atoms with van der Waals surface area (Å²) in [6, 6.07) is 17.6. The fourth-order valence-electron chi connectivity index (χ4n) is 4.82. The second-order valence-electron chi connectivity index (χ2n) is 9.17. The first kappa shape index (κ1) is 25.5. The van der Waals surface area contributed by atoms with Gasteiger partial charge >= 0.3 is 0 Å². The Bertz CT molecular complexity index is 1410. The molecule has 3 heterocycles. The molecule has 0 unspecified atom stereocenters. The third kappa shape index (κ3) is 5.30. The van der Waals surface area contributed by atoms with Crippen LogP contribution in [-0.2, 0) is 16.6 Å². The zero-order valence-corrected chi connectivity index (χ0v) is 22.3. The topological polar surface area (TPSA) is 78.8 Å². The summed E-state index contributed by atoms with van der Waals surface area (Å²) in [6.07, 6.45) is 4.32. The summed E-state index contributed by atoms with van der Waals surface area (Å²) < 4.78 is 30.3. The number of aryl methyl sites for hydroxylation is 1. The smallest absolute Gasteiger partial charge is 0.263 e. The van der Waals surface area contributed by atoms with Crippen molar-refractivity contribution in [3.05, 3.63) is 83.0 Å². The van der Waals surface area contributed by atoms with Crippen molar-refractivity contribution in [2.45, 2.75) is 24.9 Å². The highest BCUT2D eigenvalue weighted by molar-refractivity contribution is 7.89. The lowest BCUT2D eigenvalue weighted by Crippen LogP contribution is -2.49. The SMILES string of the molecule is CCn1cc(C(=O)N2CC=C(c3ccccc3)CC2)c(S(=O)(=O)N2CCN(c3cccc(Cl)c3)CC2)n1. The third-order valence-electron chi connectivity index (χ3n) is 6.92. The first-order valence-electron chi connectivity index (χ1n) is 12.5. The summed E-state index contributed by atoms with van der Waals surface area (Å²) in [7, 11) is -3.95. The van der Waals surface area contributed by atoms with Crippen molar-refractivity contribution in [2.24, 2.45) is 0 Å². The molecule has 0 radical (unpaired) electrons. The quantitative estimate of drug-likeness (QED) is 0.473. The van der Waals surface area contributed by atoms with Gasteiger partial charge in [-0.25, -0.2) is 8.42 Å². The summed E-state index contributed by atoms with van der Waals surface area (Å²) >= 11 is 6.13. The second kappa shape index (κ2) is 10.7. The molecule has 3 aromatic rings. The molecule has 1 saturated heterocycles. The standard InChI is InChI=1S/C27H30ClN5O3S/c1-2-32-20-25(27(34)31-13-11-22(12-14-31)21-7-4-3-5-8-21)26(29-32)37(35,36)33-17-15-30(16-18-33)24-10-6-9-23(28)19-24/h3-11,19-20H,2,12-18H2,1H3. The highest BCUT2D eigenvalue weighted by Gasteiger charge is 2.36. The third-order valence-corrected chi connectivity index (χ3v) is 8.99. The molecule has 0 saturated carbocycles. The Kier molecular flexibility index (Phi) is 7.37. The number of piperazine rings is 1. The Labute approximate surface area is 222 Å². The summed E-state index contributed by atoms with van der Waals surface area (Å²) in [5.41, 5.74) is 3.44. The molecule has 0 spiro atoms. The Hall–Kier alpha value is -3.14. The van der Waals surface area contributed by atoms with Crippen molar-refractivity contribution in [3.8, 4) is 0 Å². The fourth-order valence-corrected chi connectivity index (χ4v) is 6.52. The molecule has 0 atom stereocenters. The van der Waals surface area contributed by atoms with E-state index < -0.39 is 10.0 Å².